The van der Waals surface area contributed by atoms with Crippen molar-refractivity contribution >= 4 is 10.9 Å². The van der Waals surface area contributed by atoms with Gasteiger partial charge in [0.1, 0.15) is 7.05 Å². The number of rotatable bonds is 0. The second-order valence-corrected chi connectivity index (χ2v) is 3.56. The van der Waals surface area contributed by atoms with Crippen LogP contribution in [0.25, 0.3) is 10.9 Å². The lowest BCUT2D eigenvalue weighted by Crippen LogP contribution is -2.53. The summed E-state index contributed by atoms with van der Waals surface area (Å²) in [6.45, 7) is 2.06. The van der Waals surface area contributed by atoms with Gasteiger partial charge in [-0.25, -0.2) is 0 Å². The lowest BCUT2D eigenvalue weighted by atomic mass is 10.1. The van der Waals surface area contributed by atoms with Gasteiger partial charge in [0, 0.05) is 11.6 Å². The summed E-state index contributed by atoms with van der Waals surface area (Å²) in [5.41, 5.74) is 2.32. The third kappa shape index (κ3) is 0.789. The molecule has 1 aliphatic heterocycles. The number of benzene rings is 1. The van der Waals surface area contributed by atoms with Crippen molar-refractivity contribution in [1.29, 1.82) is 0 Å². The smallest absolute Gasteiger partial charge is 0.291 e. The van der Waals surface area contributed by atoms with Crippen molar-refractivity contribution in [3.05, 3.63) is 36.0 Å². The van der Waals surface area contributed by atoms with E-state index in [0.717, 1.165) is 11.3 Å². The molecule has 0 saturated heterocycles. The van der Waals surface area contributed by atoms with Gasteiger partial charge in [-0.3, -0.25) is 0 Å². The van der Waals surface area contributed by atoms with Crippen molar-refractivity contribution in [3.63, 3.8) is 0 Å². The van der Waals surface area contributed by atoms with E-state index >= 15 is 0 Å². The molecule has 0 atom stereocenters. The van der Waals surface area contributed by atoms with Crippen LogP contribution >= 0.6 is 0 Å². The molecule has 0 N–H and O–H groups in total. The summed E-state index contributed by atoms with van der Waals surface area (Å²) in [5, 5.41) is 2.95. The van der Waals surface area contributed by atoms with Crippen molar-refractivity contribution in [3.8, 4) is 5.75 Å². The van der Waals surface area contributed by atoms with Crippen molar-refractivity contribution in [2.45, 2.75) is 6.92 Å². The highest BCUT2D eigenvalue weighted by Crippen LogP contribution is 2.29. The first kappa shape index (κ1) is 7.62. The zero-order valence-electron chi connectivity index (χ0n) is 8.19. The van der Waals surface area contributed by atoms with Crippen LogP contribution in [0.4, 0.5) is 0 Å². The van der Waals surface area contributed by atoms with E-state index in [2.05, 4.69) is 25.1 Å². The van der Waals surface area contributed by atoms with Crippen LogP contribution in [-0.4, -0.2) is 7.05 Å². The maximum Gasteiger partial charge on any atom is 0.291 e. The molecule has 1 aromatic carbocycles. The molecule has 14 heavy (non-hydrogen) atoms. The molecule has 0 spiro atoms. The summed E-state index contributed by atoms with van der Waals surface area (Å²) in [4.78, 5) is 5.65. The van der Waals surface area contributed by atoms with Crippen LogP contribution in [0.5, 0.6) is 5.75 Å². The maximum atomic E-state index is 5.65. The van der Waals surface area contributed by atoms with Crippen molar-refractivity contribution in [2.75, 3.05) is 12.2 Å². The molecule has 70 valence electrons. The van der Waals surface area contributed by atoms with Crippen molar-refractivity contribution in [2.24, 2.45) is 0 Å². The number of pyridine rings is 1. The second kappa shape index (κ2) is 2.38. The molecular weight excluding hydrogens is 176 g/mol. The van der Waals surface area contributed by atoms with E-state index in [1.54, 1.807) is 5.17 Å². The lowest BCUT2D eigenvalue weighted by molar-refractivity contribution is -0.684. The molecule has 0 saturated carbocycles. The first-order valence-corrected chi connectivity index (χ1v) is 4.63. The minimum atomic E-state index is 0.964. The summed E-state index contributed by atoms with van der Waals surface area (Å²) in [5.74, 6) is 0.964. The third-order valence-electron chi connectivity index (χ3n) is 2.62. The Balaban J connectivity index is 2.51. The molecule has 0 aliphatic carbocycles. The van der Waals surface area contributed by atoms with Crippen LogP contribution in [-0.2, 0) is 0 Å². The highest BCUT2D eigenvalue weighted by Gasteiger charge is 2.29. The van der Waals surface area contributed by atoms with E-state index in [0.29, 0.717) is 0 Å². The topological polar surface area (TPSA) is 16.4 Å². The van der Waals surface area contributed by atoms with Crippen LogP contribution in [0.15, 0.2) is 30.5 Å². The highest BCUT2D eigenvalue weighted by molar-refractivity contribution is 5.83. The Morgan fingerprint density at radius 2 is 2.14 bits per heavy atom. The number of hydroxylamine groups is 1. The first-order valence-electron chi connectivity index (χ1n) is 4.63. The number of hydrogen-bond donors (Lipinski definition) is 0. The first-order chi connectivity index (χ1) is 6.77. The SMILES string of the molecule is Cc1ccc2ccc[n+]3c2c1ON3C. The number of aromatic nitrogens is 1. The fraction of sp³-hybridized carbons (Fsp3) is 0.182. The second-order valence-electron chi connectivity index (χ2n) is 3.56. The van der Waals surface area contributed by atoms with E-state index in [4.69, 9.17) is 4.84 Å². The summed E-state index contributed by atoms with van der Waals surface area (Å²) >= 11 is 0. The van der Waals surface area contributed by atoms with Crippen LogP contribution in [0, 0.1) is 6.92 Å². The normalized spacial score (nSPS) is 13.4. The van der Waals surface area contributed by atoms with Gasteiger partial charge in [0.05, 0.1) is 5.39 Å². The Kier molecular flexibility index (Phi) is 1.29. The van der Waals surface area contributed by atoms with Gasteiger partial charge in [0.2, 0.25) is 11.9 Å². The summed E-state index contributed by atoms with van der Waals surface area (Å²) in [6, 6.07) is 8.32. The number of hydrogen-bond acceptors (Lipinski definition) is 2. The molecule has 2 heterocycles. The molecule has 3 heteroatoms. The van der Waals surface area contributed by atoms with Gasteiger partial charge in [0.15, 0.2) is 0 Å². The fourth-order valence-electron chi connectivity index (χ4n) is 1.89. The van der Waals surface area contributed by atoms with Crippen LogP contribution < -0.4 is 14.7 Å². The van der Waals surface area contributed by atoms with Crippen LogP contribution in [0.2, 0.25) is 0 Å². The van der Waals surface area contributed by atoms with Gasteiger partial charge in [-0.15, -0.1) is 0 Å². The average molecular weight is 187 g/mol. The largest absolute Gasteiger partial charge is 0.325 e. The van der Waals surface area contributed by atoms with E-state index < -0.39 is 0 Å². The van der Waals surface area contributed by atoms with Crippen molar-refractivity contribution < 1.29 is 9.51 Å². The average Bonchev–Trinajstić information content (AvgIpc) is 2.53. The van der Waals surface area contributed by atoms with Gasteiger partial charge in [-0.1, -0.05) is 6.07 Å². The highest BCUT2D eigenvalue weighted by atomic mass is 16.7. The molecule has 0 amide bonds. The molecule has 0 unspecified atom stereocenters. The Labute approximate surface area is 82.1 Å². The molecule has 0 fully saturated rings. The quantitative estimate of drug-likeness (QED) is 0.578. The predicted octanol–water partition coefficient (Wildman–Crippen LogP) is 1.31. The molecule has 3 rings (SSSR count). The molecule has 0 radical (unpaired) electrons. The monoisotopic (exact) mass is 187 g/mol. The van der Waals surface area contributed by atoms with E-state index in [9.17, 15) is 0 Å². The van der Waals surface area contributed by atoms with E-state index in [1.165, 1.54) is 10.9 Å². The van der Waals surface area contributed by atoms with Gasteiger partial charge in [-0.2, -0.15) is 0 Å². The minimum Gasteiger partial charge on any atom is -0.325 e. The lowest BCUT2D eigenvalue weighted by Gasteiger charge is -2.02. The zero-order chi connectivity index (χ0) is 9.71. The van der Waals surface area contributed by atoms with Crippen LogP contribution in [0.1, 0.15) is 5.56 Å². The number of aryl methyl sites for hydroxylation is 1. The molecule has 1 aliphatic rings. The Morgan fingerprint density at radius 1 is 1.29 bits per heavy atom. The van der Waals surface area contributed by atoms with Crippen molar-refractivity contribution in [1.82, 2.24) is 0 Å². The van der Waals surface area contributed by atoms with Gasteiger partial charge in [-0.05, 0) is 28.9 Å². The van der Waals surface area contributed by atoms with E-state index in [-0.39, 0.29) is 0 Å². The Hall–Kier alpha value is -1.77. The van der Waals surface area contributed by atoms with Gasteiger partial charge < -0.3 is 4.84 Å². The third-order valence-corrected chi connectivity index (χ3v) is 2.62. The standard InChI is InChI=1S/C11H11N2O/c1-8-5-6-9-4-3-7-13-10(9)11(8)14-12(13)2/h3-7H,1-2H3/q+1. The molecule has 0 bridgehead atoms. The zero-order valence-corrected chi connectivity index (χ0v) is 8.19. The molecular formula is C11H11N2O+. The van der Waals surface area contributed by atoms with Crippen LogP contribution in [0.3, 0.4) is 0 Å². The molecule has 1 aromatic heterocycles. The maximum absolute atomic E-state index is 5.65. The minimum absolute atomic E-state index is 0.964. The van der Waals surface area contributed by atoms with Gasteiger partial charge in [0.25, 0.3) is 5.52 Å². The number of nitrogens with zero attached hydrogens (tertiary/aromatic N) is 2. The van der Waals surface area contributed by atoms with E-state index in [1.807, 2.05) is 24.0 Å². The predicted molar refractivity (Wildman–Crippen MR) is 53.6 cm³/mol. The van der Waals surface area contributed by atoms with Gasteiger partial charge >= 0.3 is 0 Å². The summed E-state index contributed by atoms with van der Waals surface area (Å²) in [6.07, 6.45) is 2.00. The Morgan fingerprint density at radius 3 is 3.00 bits per heavy atom. The Bertz CT molecular complexity index is 522. The molecule has 3 nitrogen and oxygen atoms in total. The summed E-state index contributed by atoms with van der Waals surface area (Å²) in [7, 11) is 1.90. The summed E-state index contributed by atoms with van der Waals surface area (Å²) < 4.78 is 2.01. The fourth-order valence-corrected chi connectivity index (χ4v) is 1.89. The molecule has 2 aromatic rings.